The fraction of sp³-hybridized carbons (Fsp3) is 0.158. The summed E-state index contributed by atoms with van der Waals surface area (Å²) >= 11 is 0. The van der Waals surface area contributed by atoms with Gasteiger partial charge in [0.2, 0.25) is 0 Å². The first-order valence-corrected chi connectivity index (χ1v) is 7.90. The number of hydrogen-bond acceptors (Lipinski definition) is 1. The Hall–Kier alpha value is -3.09. The van der Waals surface area contributed by atoms with E-state index < -0.39 is 23.4 Å². The zero-order valence-electron chi connectivity index (χ0n) is 13.9. The van der Waals surface area contributed by atoms with E-state index in [4.69, 9.17) is 11.5 Å². The van der Waals surface area contributed by atoms with E-state index in [0.717, 1.165) is 17.2 Å². The molecule has 3 rings (SSSR count). The predicted molar refractivity (Wildman–Crippen MR) is 92.9 cm³/mol. The number of allylic oxidation sites excluding steroid dienone is 1. The summed E-state index contributed by atoms with van der Waals surface area (Å²) in [6.07, 6.45) is 1.33. The molecule has 0 saturated heterocycles. The number of benzene rings is 2. The van der Waals surface area contributed by atoms with Crippen LogP contribution < -0.4 is 11.5 Å². The maximum absolute atomic E-state index is 14.4. The van der Waals surface area contributed by atoms with E-state index in [9.17, 15) is 18.0 Å². The molecule has 0 aromatic heterocycles. The highest BCUT2D eigenvalue weighted by Crippen LogP contribution is 2.38. The van der Waals surface area contributed by atoms with Gasteiger partial charge in [-0.25, -0.2) is 13.2 Å². The molecule has 0 fully saturated rings. The molecule has 1 aliphatic carbocycles. The highest BCUT2D eigenvalue weighted by molar-refractivity contribution is 6.03. The standard InChI is InChI=1S/C19H16F3N3O/c1-9-2-3-10-4-5-11(18(26)25-19(23)24)6-12(10)17(9)13-7-15(21)16(22)8-14(13)20/h4-8H,2-3H2,1H3,(H4,23,24,25,26). The van der Waals surface area contributed by atoms with Crippen molar-refractivity contribution in [1.29, 1.82) is 0 Å². The number of guanidine groups is 1. The highest BCUT2D eigenvalue weighted by Gasteiger charge is 2.23. The Labute approximate surface area is 148 Å². The van der Waals surface area contributed by atoms with Crippen LogP contribution in [0, 0.1) is 17.5 Å². The van der Waals surface area contributed by atoms with Gasteiger partial charge in [-0.15, -0.1) is 0 Å². The van der Waals surface area contributed by atoms with Crippen LogP contribution >= 0.6 is 0 Å². The number of hydrogen-bond donors (Lipinski definition) is 2. The maximum atomic E-state index is 14.4. The topological polar surface area (TPSA) is 81.5 Å². The average molecular weight is 359 g/mol. The van der Waals surface area contributed by atoms with Crippen LogP contribution in [-0.4, -0.2) is 11.9 Å². The van der Waals surface area contributed by atoms with Gasteiger partial charge in [0.25, 0.3) is 5.91 Å². The van der Waals surface area contributed by atoms with Crippen molar-refractivity contribution in [1.82, 2.24) is 0 Å². The van der Waals surface area contributed by atoms with Crippen LogP contribution in [0.3, 0.4) is 0 Å². The first kappa shape index (κ1) is 17.7. The maximum Gasteiger partial charge on any atom is 0.280 e. The van der Waals surface area contributed by atoms with Crippen LogP contribution in [0.5, 0.6) is 0 Å². The molecule has 26 heavy (non-hydrogen) atoms. The highest BCUT2D eigenvalue weighted by atomic mass is 19.2. The summed E-state index contributed by atoms with van der Waals surface area (Å²) in [5, 5.41) is 0. The van der Waals surface area contributed by atoms with Crippen LogP contribution in [0.1, 0.15) is 40.4 Å². The lowest BCUT2D eigenvalue weighted by Crippen LogP contribution is -2.24. The molecular formula is C19H16F3N3O. The first-order chi connectivity index (χ1) is 12.3. The number of rotatable bonds is 2. The number of carbonyl (C=O) groups is 1. The average Bonchev–Trinajstić information content (AvgIpc) is 2.57. The van der Waals surface area contributed by atoms with Gasteiger partial charge in [0.1, 0.15) is 5.82 Å². The zero-order chi connectivity index (χ0) is 19.0. The molecule has 0 bridgehead atoms. The second-order valence-electron chi connectivity index (χ2n) is 6.12. The van der Waals surface area contributed by atoms with Gasteiger partial charge in [0, 0.05) is 17.2 Å². The SMILES string of the molecule is CC1=C(c2cc(F)c(F)cc2F)c2cc(C(=O)N=C(N)N)ccc2CC1. The van der Waals surface area contributed by atoms with Gasteiger partial charge in [0.15, 0.2) is 17.6 Å². The Morgan fingerprint density at radius 2 is 1.65 bits per heavy atom. The van der Waals surface area contributed by atoms with E-state index in [1.165, 1.54) is 0 Å². The fourth-order valence-electron chi connectivity index (χ4n) is 3.11. The summed E-state index contributed by atoms with van der Waals surface area (Å²) in [5.41, 5.74) is 13.3. The Balaban J connectivity index is 2.19. The summed E-state index contributed by atoms with van der Waals surface area (Å²) in [6, 6.07) is 6.21. The van der Waals surface area contributed by atoms with E-state index in [1.54, 1.807) is 25.1 Å². The lowest BCUT2D eigenvalue weighted by molar-refractivity contribution is 0.100. The molecular weight excluding hydrogens is 343 g/mol. The number of fused-ring (bicyclic) bond motifs is 1. The molecule has 0 spiro atoms. The Bertz CT molecular complexity index is 976. The van der Waals surface area contributed by atoms with Crippen LogP contribution in [0.4, 0.5) is 13.2 Å². The second-order valence-corrected chi connectivity index (χ2v) is 6.12. The van der Waals surface area contributed by atoms with Crippen molar-refractivity contribution in [2.75, 3.05) is 0 Å². The second kappa shape index (κ2) is 6.67. The quantitative estimate of drug-likeness (QED) is 0.490. The van der Waals surface area contributed by atoms with Gasteiger partial charge in [-0.2, -0.15) is 4.99 Å². The van der Waals surface area contributed by atoms with E-state index in [1.807, 2.05) is 0 Å². The van der Waals surface area contributed by atoms with Gasteiger partial charge in [0.05, 0.1) is 0 Å². The van der Waals surface area contributed by atoms with Crippen LogP contribution in [-0.2, 0) is 6.42 Å². The third-order valence-corrected chi connectivity index (χ3v) is 4.33. The van der Waals surface area contributed by atoms with Gasteiger partial charge in [-0.3, -0.25) is 4.79 Å². The van der Waals surface area contributed by atoms with Gasteiger partial charge in [-0.1, -0.05) is 11.6 Å². The van der Waals surface area contributed by atoms with Gasteiger partial charge < -0.3 is 11.5 Å². The lowest BCUT2D eigenvalue weighted by Gasteiger charge is -2.23. The molecule has 0 aliphatic heterocycles. The van der Waals surface area contributed by atoms with Crippen molar-refractivity contribution in [3.05, 3.63) is 75.6 Å². The molecule has 4 nitrogen and oxygen atoms in total. The number of amides is 1. The zero-order valence-corrected chi connectivity index (χ0v) is 13.9. The number of carbonyl (C=O) groups excluding carboxylic acids is 1. The van der Waals surface area contributed by atoms with Crippen molar-refractivity contribution in [3.8, 4) is 0 Å². The molecule has 0 atom stereocenters. The van der Waals surface area contributed by atoms with Crippen molar-refractivity contribution < 1.29 is 18.0 Å². The summed E-state index contributed by atoms with van der Waals surface area (Å²) < 4.78 is 41.4. The number of aryl methyl sites for hydroxylation is 1. The number of halogens is 3. The van der Waals surface area contributed by atoms with Crippen molar-refractivity contribution in [2.24, 2.45) is 16.5 Å². The molecule has 1 aliphatic rings. The molecule has 1 amide bonds. The first-order valence-electron chi connectivity index (χ1n) is 7.90. The third-order valence-electron chi connectivity index (χ3n) is 4.33. The molecule has 0 unspecified atom stereocenters. The van der Waals surface area contributed by atoms with E-state index >= 15 is 0 Å². The molecule has 0 heterocycles. The predicted octanol–water partition coefficient (Wildman–Crippen LogP) is 3.29. The monoisotopic (exact) mass is 359 g/mol. The minimum atomic E-state index is -1.25. The normalized spacial score (nSPS) is 13.4. The molecule has 2 aromatic carbocycles. The summed E-state index contributed by atoms with van der Waals surface area (Å²) in [4.78, 5) is 15.6. The van der Waals surface area contributed by atoms with Gasteiger partial charge in [-0.05, 0) is 54.7 Å². The van der Waals surface area contributed by atoms with E-state index in [-0.39, 0.29) is 17.1 Å². The minimum absolute atomic E-state index is 0.0474. The van der Waals surface area contributed by atoms with Crippen LogP contribution in [0.2, 0.25) is 0 Å². The summed E-state index contributed by atoms with van der Waals surface area (Å²) in [7, 11) is 0. The number of aliphatic imine (C=N–C) groups is 1. The molecule has 0 saturated carbocycles. The van der Waals surface area contributed by atoms with Crippen molar-refractivity contribution >= 4 is 17.4 Å². The van der Waals surface area contributed by atoms with Gasteiger partial charge >= 0.3 is 0 Å². The van der Waals surface area contributed by atoms with E-state index in [2.05, 4.69) is 4.99 Å². The molecule has 7 heteroatoms. The fourth-order valence-corrected chi connectivity index (χ4v) is 3.11. The third kappa shape index (κ3) is 3.20. The Morgan fingerprint density at radius 3 is 2.35 bits per heavy atom. The Kier molecular flexibility index (Phi) is 4.54. The number of nitrogens with two attached hydrogens (primary N) is 2. The summed E-state index contributed by atoms with van der Waals surface area (Å²) in [6.45, 7) is 1.80. The van der Waals surface area contributed by atoms with E-state index in [0.29, 0.717) is 30.0 Å². The Morgan fingerprint density at radius 1 is 0.962 bits per heavy atom. The molecule has 0 radical (unpaired) electrons. The van der Waals surface area contributed by atoms with Crippen molar-refractivity contribution in [2.45, 2.75) is 19.8 Å². The van der Waals surface area contributed by atoms with Crippen LogP contribution in [0.25, 0.3) is 5.57 Å². The summed E-state index contributed by atoms with van der Waals surface area (Å²) in [5.74, 6) is -4.27. The lowest BCUT2D eigenvalue weighted by atomic mass is 9.81. The molecule has 134 valence electrons. The smallest absolute Gasteiger partial charge is 0.280 e. The minimum Gasteiger partial charge on any atom is -0.370 e. The molecule has 2 aromatic rings. The van der Waals surface area contributed by atoms with Crippen LogP contribution in [0.15, 0.2) is 40.9 Å². The number of nitrogens with zero attached hydrogens (tertiary/aromatic N) is 1. The largest absolute Gasteiger partial charge is 0.370 e. The van der Waals surface area contributed by atoms with Crippen molar-refractivity contribution in [3.63, 3.8) is 0 Å². The molecule has 4 N–H and O–H groups in total.